The number of ether oxygens (including phenoxy) is 2. The maximum absolute atomic E-state index is 6.26. The van der Waals surface area contributed by atoms with Gasteiger partial charge in [-0.15, -0.1) is 0 Å². The number of nitrogens with one attached hydrogen (secondary N) is 1. The maximum atomic E-state index is 6.26. The van der Waals surface area contributed by atoms with E-state index < -0.39 is 0 Å². The number of hydrogen-bond donors (Lipinski definition) is 1. The van der Waals surface area contributed by atoms with Crippen LogP contribution in [0.15, 0.2) is 78.9 Å². The Morgan fingerprint density at radius 3 is 2.43 bits per heavy atom. The average Bonchev–Trinajstić information content (AvgIpc) is 2.76. The molecule has 1 unspecified atom stereocenters. The first-order valence-electron chi connectivity index (χ1n) is 10.1. The second kappa shape index (κ2) is 9.43. The second-order valence-corrected chi connectivity index (χ2v) is 7.27. The molecule has 0 aromatic heterocycles. The van der Waals surface area contributed by atoms with Crippen LogP contribution in [0.5, 0.6) is 11.5 Å². The molecule has 1 aliphatic rings. The SMILES string of the molecule is c1ccc(CNCCC2CCc3ccc(OCc4ccccc4)cc3O2)cc1. The van der Waals surface area contributed by atoms with Gasteiger partial charge in [0.15, 0.2) is 0 Å². The number of fused-ring (bicyclic) bond motifs is 1. The van der Waals surface area contributed by atoms with Crippen molar-refractivity contribution in [1.29, 1.82) is 0 Å². The van der Waals surface area contributed by atoms with Crippen LogP contribution in [0.3, 0.4) is 0 Å². The third kappa shape index (κ3) is 5.14. The summed E-state index contributed by atoms with van der Waals surface area (Å²) in [5, 5.41) is 3.52. The van der Waals surface area contributed by atoms with E-state index in [2.05, 4.69) is 53.8 Å². The lowest BCUT2D eigenvalue weighted by atomic mass is 10.0. The van der Waals surface area contributed by atoms with Gasteiger partial charge in [0.25, 0.3) is 0 Å². The zero-order valence-electron chi connectivity index (χ0n) is 16.1. The molecule has 0 aliphatic carbocycles. The van der Waals surface area contributed by atoms with Crippen LogP contribution >= 0.6 is 0 Å². The zero-order chi connectivity index (χ0) is 19.0. The molecule has 144 valence electrons. The molecule has 0 radical (unpaired) electrons. The summed E-state index contributed by atoms with van der Waals surface area (Å²) in [5.74, 6) is 1.84. The lowest BCUT2D eigenvalue weighted by Crippen LogP contribution is -2.27. The van der Waals surface area contributed by atoms with Crippen molar-refractivity contribution in [3.63, 3.8) is 0 Å². The van der Waals surface area contributed by atoms with E-state index >= 15 is 0 Å². The van der Waals surface area contributed by atoms with Gasteiger partial charge in [0, 0.05) is 12.6 Å². The minimum atomic E-state index is 0.264. The molecule has 3 nitrogen and oxygen atoms in total. The van der Waals surface area contributed by atoms with Crippen molar-refractivity contribution in [2.24, 2.45) is 0 Å². The summed E-state index contributed by atoms with van der Waals surface area (Å²) >= 11 is 0. The Hall–Kier alpha value is -2.78. The Morgan fingerprint density at radius 2 is 1.64 bits per heavy atom. The van der Waals surface area contributed by atoms with Gasteiger partial charge < -0.3 is 14.8 Å². The molecule has 3 heteroatoms. The Bertz CT molecular complexity index is 864. The molecular weight excluding hydrogens is 346 g/mol. The molecule has 1 aliphatic heterocycles. The first-order valence-corrected chi connectivity index (χ1v) is 10.1. The average molecular weight is 373 g/mol. The predicted octanol–water partition coefficient (Wildman–Crippen LogP) is 5.14. The van der Waals surface area contributed by atoms with E-state index in [0.29, 0.717) is 6.61 Å². The van der Waals surface area contributed by atoms with E-state index in [-0.39, 0.29) is 6.10 Å². The molecule has 1 N–H and O–H groups in total. The van der Waals surface area contributed by atoms with Crippen molar-refractivity contribution in [1.82, 2.24) is 5.32 Å². The zero-order valence-corrected chi connectivity index (χ0v) is 16.1. The topological polar surface area (TPSA) is 30.5 Å². The summed E-state index contributed by atoms with van der Waals surface area (Å²) in [6, 6.07) is 27.0. The van der Waals surface area contributed by atoms with E-state index in [1.165, 1.54) is 16.7 Å². The summed E-state index contributed by atoms with van der Waals surface area (Å²) in [6.45, 7) is 2.44. The van der Waals surface area contributed by atoms with E-state index in [0.717, 1.165) is 43.9 Å². The van der Waals surface area contributed by atoms with Crippen LogP contribution in [0.25, 0.3) is 0 Å². The molecule has 0 bridgehead atoms. The van der Waals surface area contributed by atoms with Gasteiger partial charge in [-0.3, -0.25) is 0 Å². The van der Waals surface area contributed by atoms with Gasteiger partial charge in [-0.25, -0.2) is 0 Å². The van der Waals surface area contributed by atoms with Crippen LogP contribution in [0.4, 0.5) is 0 Å². The summed E-state index contributed by atoms with van der Waals surface area (Å²) in [4.78, 5) is 0. The number of aryl methyl sites for hydroxylation is 1. The van der Waals surface area contributed by atoms with Crippen LogP contribution in [0.1, 0.15) is 29.5 Å². The molecule has 3 aromatic rings. The molecule has 28 heavy (non-hydrogen) atoms. The summed E-state index contributed by atoms with van der Waals surface area (Å²) in [5.41, 5.74) is 3.77. The highest BCUT2D eigenvalue weighted by Crippen LogP contribution is 2.32. The Kier molecular flexibility index (Phi) is 6.25. The van der Waals surface area contributed by atoms with Crippen LogP contribution in [0, 0.1) is 0 Å². The Morgan fingerprint density at radius 1 is 0.893 bits per heavy atom. The molecule has 4 rings (SSSR count). The maximum Gasteiger partial charge on any atom is 0.126 e. The summed E-state index contributed by atoms with van der Waals surface area (Å²) in [7, 11) is 0. The Balaban J connectivity index is 1.26. The summed E-state index contributed by atoms with van der Waals surface area (Å²) in [6.07, 6.45) is 3.42. The number of hydrogen-bond acceptors (Lipinski definition) is 3. The number of rotatable bonds is 8. The minimum absolute atomic E-state index is 0.264. The molecule has 0 saturated heterocycles. The van der Waals surface area contributed by atoms with Gasteiger partial charge in [-0.1, -0.05) is 66.7 Å². The quantitative estimate of drug-likeness (QED) is 0.555. The van der Waals surface area contributed by atoms with Crippen LogP contribution in [-0.2, 0) is 19.6 Å². The van der Waals surface area contributed by atoms with Crippen molar-refractivity contribution >= 4 is 0 Å². The summed E-state index contributed by atoms with van der Waals surface area (Å²) < 4.78 is 12.2. The fourth-order valence-corrected chi connectivity index (χ4v) is 3.53. The van der Waals surface area contributed by atoms with E-state index in [9.17, 15) is 0 Å². The van der Waals surface area contributed by atoms with Crippen molar-refractivity contribution in [3.8, 4) is 11.5 Å². The Labute approximate surface area is 167 Å². The van der Waals surface area contributed by atoms with Gasteiger partial charge in [-0.2, -0.15) is 0 Å². The largest absolute Gasteiger partial charge is 0.490 e. The third-order valence-corrected chi connectivity index (χ3v) is 5.13. The van der Waals surface area contributed by atoms with E-state index in [1.807, 2.05) is 30.3 Å². The number of benzene rings is 3. The molecule has 0 saturated carbocycles. The molecule has 1 atom stereocenters. The highest BCUT2D eigenvalue weighted by Gasteiger charge is 2.20. The lowest BCUT2D eigenvalue weighted by Gasteiger charge is -2.26. The van der Waals surface area contributed by atoms with Gasteiger partial charge in [0.2, 0.25) is 0 Å². The fourth-order valence-electron chi connectivity index (χ4n) is 3.53. The van der Waals surface area contributed by atoms with E-state index in [1.54, 1.807) is 0 Å². The predicted molar refractivity (Wildman–Crippen MR) is 113 cm³/mol. The molecular formula is C25H27NO2. The smallest absolute Gasteiger partial charge is 0.126 e. The second-order valence-electron chi connectivity index (χ2n) is 7.27. The van der Waals surface area contributed by atoms with Crippen molar-refractivity contribution in [2.75, 3.05) is 6.54 Å². The monoisotopic (exact) mass is 373 g/mol. The molecule has 0 amide bonds. The normalized spacial score (nSPS) is 15.5. The highest BCUT2D eigenvalue weighted by atomic mass is 16.5. The van der Waals surface area contributed by atoms with Gasteiger partial charge in [0.1, 0.15) is 24.2 Å². The van der Waals surface area contributed by atoms with Crippen LogP contribution in [0.2, 0.25) is 0 Å². The van der Waals surface area contributed by atoms with Gasteiger partial charge in [-0.05, 0) is 48.6 Å². The first-order chi connectivity index (χ1) is 13.9. The standard InChI is InChI=1S/C25H27NO2/c1-3-7-20(8-4-1)18-26-16-15-23-13-11-22-12-14-24(17-25(22)28-23)27-19-21-9-5-2-6-10-21/h1-10,12,14,17,23,26H,11,13,15-16,18-19H2. The van der Waals surface area contributed by atoms with Crippen molar-refractivity contribution in [2.45, 2.75) is 38.5 Å². The van der Waals surface area contributed by atoms with Crippen LogP contribution < -0.4 is 14.8 Å². The molecule has 3 aromatic carbocycles. The fraction of sp³-hybridized carbons (Fsp3) is 0.280. The van der Waals surface area contributed by atoms with Gasteiger partial charge in [0.05, 0.1) is 0 Å². The third-order valence-electron chi connectivity index (χ3n) is 5.13. The van der Waals surface area contributed by atoms with Crippen LogP contribution in [-0.4, -0.2) is 12.6 Å². The minimum Gasteiger partial charge on any atom is -0.490 e. The first kappa shape index (κ1) is 18.6. The lowest BCUT2D eigenvalue weighted by molar-refractivity contribution is 0.162. The van der Waals surface area contributed by atoms with Gasteiger partial charge >= 0.3 is 0 Å². The molecule has 0 fully saturated rings. The molecule has 0 spiro atoms. The molecule has 1 heterocycles. The van der Waals surface area contributed by atoms with E-state index in [4.69, 9.17) is 9.47 Å². The van der Waals surface area contributed by atoms with Crippen molar-refractivity contribution < 1.29 is 9.47 Å². The highest BCUT2D eigenvalue weighted by molar-refractivity contribution is 5.42. The van der Waals surface area contributed by atoms with Crippen molar-refractivity contribution in [3.05, 3.63) is 95.6 Å².